The highest BCUT2D eigenvalue weighted by atomic mass is 32.1. The van der Waals surface area contributed by atoms with E-state index in [1.807, 2.05) is 6.07 Å². The van der Waals surface area contributed by atoms with Gasteiger partial charge in [-0.05, 0) is 30.3 Å². The van der Waals surface area contributed by atoms with Crippen LogP contribution in [0.1, 0.15) is 17.3 Å². The van der Waals surface area contributed by atoms with E-state index < -0.39 is 0 Å². The van der Waals surface area contributed by atoms with Gasteiger partial charge in [0.1, 0.15) is 0 Å². The largest absolute Gasteiger partial charge is 0.322 e. The van der Waals surface area contributed by atoms with E-state index in [4.69, 9.17) is 0 Å². The molecule has 110 valence electrons. The molecule has 2 heterocycles. The van der Waals surface area contributed by atoms with Gasteiger partial charge < -0.3 is 10.6 Å². The van der Waals surface area contributed by atoms with Crippen molar-refractivity contribution in [3.8, 4) is 0 Å². The first-order chi connectivity index (χ1) is 10.6. The lowest BCUT2D eigenvalue weighted by molar-refractivity contribution is -0.114. The number of carbonyl (C=O) groups excluding carboxylic acids is 2. The van der Waals surface area contributed by atoms with E-state index >= 15 is 0 Å². The number of nitrogens with zero attached hydrogens (tertiary/aromatic N) is 2. The van der Waals surface area contributed by atoms with Crippen LogP contribution >= 0.6 is 11.3 Å². The van der Waals surface area contributed by atoms with Crippen molar-refractivity contribution >= 4 is 44.2 Å². The molecule has 7 heteroatoms. The zero-order valence-electron chi connectivity index (χ0n) is 11.7. The van der Waals surface area contributed by atoms with E-state index in [2.05, 4.69) is 20.6 Å². The summed E-state index contributed by atoms with van der Waals surface area (Å²) in [6, 6.07) is 8.83. The molecule has 2 N–H and O–H groups in total. The lowest BCUT2D eigenvalue weighted by Crippen LogP contribution is -2.11. The van der Waals surface area contributed by atoms with Gasteiger partial charge in [-0.2, -0.15) is 0 Å². The van der Waals surface area contributed by atoms with Gasteiger partial charge in [-0.3, -0.25) is 14.6 Å². The minimum atomic E-state index is -0.232. The molecule has 22 heavy (non-hydrogen) atoms. The average Bonchev–Trinajstić information content (AvgIpc) is 2.88. The molecule has 0 bridgehead atoms. The molecule has 0 spiro atoms. The molecule has 2 amide bonds. The van der Waals surface area contributed by atoms with E-state index in [1.54, 1.807) is 30.5 Å². The molecule has 0 aliphatic carbocycles. The Morgan fingerprint density at radius 1 is 1.18 bits per heavy atom. The number of fused-ring (bicyclic) bond motifs is 1. The molecule has 0 radical (unpaired) electrons. The second kappa shape index (κ2) is 5.90. The maximum absolute atomic E-state index is 12.1. The Kier molecular flexibility index (Phi) is 3.80. The summed E-state index contributed by atoms with van der Waals surface area (Å²) in [7, 11) is 0. The first-order valence-corrected chi connectivity index (χ1v) is 7.33. The Morgan fingerprint density at radius 3 is 2.77 bits per heavy atom. The quantitative estimate of drug-likeness (QED) is 0.779. The Bertz CT molecular complexity index is 845. The van der Waals surface area contributed by atoms with Gasteiger partial charge in [-0.25, -0.2) is 4.98 Å². The van der Waals surface area contributed by atoms with Crippen LogP contribution in [-0.4, -0.2) is 21.8 Å². The summed E-state index contributed by atoms with van der Waals surface area (Å²) < 4.78 is 0.933. The maximum Gasteiger partial charge on any atom is 0.257 e. The maximum atomic E-state index is 12.1. The molecule has 3 aromatic rings. The highest BCUT2D eigenvalue weighted by Crippen LogP contribution is 2.28. The summed E-state index contributed by atoms with van der Waals surface area (Å²) in [4.78, 5) is 31.4. The number of pyridine rings is 1. The van der Waals surface area contributed by atoms with Crippen molar-refractivity contribution in [2.75, 3.05) is 10.6 Å². The fourth-order valence-electron chi connectivity index (χ4n) is 1.91. The molecule has 3 rings (SSSR count). The molecule has 0 unspecified atom stereocenters. The number of amides is 2. The zero-order valence-corrected chi connectivity index (χ0v) is 12.5. The van der Waals surface area contributed by atoms with E-state index in [0.29, 0.717) is 16.4 Å². The smallest absolute Gasteiger partial charge is 0.257 e. The van der Waals surface area contributed by atoms with Crippen LogP contribution in [0.4, 0.5) is 10.8 Å². The molecule has 0 aliphatic rings. The third-order valence-corrected chi connectivity index (χ3v) is 3.80. The summed E-state index contributed by atoms with van der Waals surface area (Å²) in [6.45, 7) is 1.44. The average molecular weight is 312 g/mol. The first kappa shape index (κ1) is 14.2. The van der Waals surface area contributed by atoms with E-state index in [9.17, 15) is 9.59 Å². The Hall–Kier alpha value is -2.80. The van der Waals surface area contributed by atoms with Crippen LogP contribution < -0.4 is 10.6 Å². The van der Waals surface area contributed by atoms with Crippen molar-refractivity contribution in [1.82, 2.24) is 9.97 Å². The number of aromatic nitrogens is 2. The van der Waals surface area contributed by atoms with Crippen LogP contribution in [0.3, 0.4) is 0 Å². The van der Waals surface area contributed by atoms with Crippen LogP contribution in [0.2, 0.25) is 0 Å². The number of carbonyl (C=O) groups is 2. The van der Waals surface area contributed by atoms with Crippen molar-refractivity contribution in [3.63, 3.8) is 0 Å². The molecular formula is C15H12N4O2S. The summed E-state index contributed by atoms with van der Waals surface area (Å²) in [6.07, 6.45) is 3.12. The topological polar surface area (TPSA) is 84.0 Å². The minimum Gasteiger partial charge on any atom is -0.322 e. The van der Waals surface area contributed by atoms with Crippen molar-refractivity contribution < 1.29 is 9.59 Å². The van der Waals surface area contributed by atoms with Gasteiger partial charge in [0.25, 0.3) is 5.91 Å². The van der Waals surface area contributed by atoms with Crippen LogP contribution in [0.15, 0.2) is 42.7 Å². The van der Waals surface area contributed by atoms with E-state index in [1.165, 1.54) is 24.5 Å². The number of anilines is 2. The zero-order chi connectivity index (χ0) is 15.5. The van der Waals surface area contributed by atoms with Gasteiger partial charge in [0.05, 0.1) is 15.8 Å². The first-order valence-electron chi connectivity index (χ1n) is 6.51. The number of benzene rings is 1. The van der Waals surface area contributed by atoms with E-state index in [0.717, 1.165) is 10.2 Å². The summed E-state index contributed by atoms with van der Waals surface area (Å²) in [5.74, 6) is -0.395. The number of rotatable bonds is 3. The second-order valence-corrected chi connectivity index (χ2v) is 5.61. The fraction of sp³-hybridized carbons (Fsp3) is 0.0667. The third kappa shape index (κ3) is 3.09. The molecular weight excluding hydrogens is 300 g/mol. The van der Waals surface area contributed by atoms with Gasteiger partial charge in [0.2, 0.25) is 5.91 Å². The van der Waals surface area contributed by atoms with Crippen molar-refractivity contribution in [2.24, 2.45) is 0 Å². The van der Waals surface area contributed by atoms with Gasteiger partial charge >= 0.3 is 0 Å². The van der Waals surface area contributed by atoms with E-state index in [-0.39, 0.29) is 11.8 Å². The van der Waals surface area contributed by atoms with Crippen LogP contribution in [-0.2, 0) is 4.79 Å². The van der Waals surface area contributed by atoms with Crippen LogP contribution in [0, 0.1) is 0 Å². The predicted molar refractivity (Wildman–Crippen MR) is 86.1 cm³/mol. The molecule has 0 atom stereocenters. The predicted octanol–water partition coefficient (Wildman–Crippen LogP) is 2.90. The number of thiazole rings is 1. The Labute approximate surface area is 130 Å². The van der Waals surface area contributed by atoms with Crippen LogP contribution in [0.25, 0.3) is 10.2 Å². The standard InChI is InChI=1S/C15H12N4O2S/c1-9(20)17-15-19-12-7-11(4-5-13(12)22-15)18-14(21)10-3-2-6-16-8-10/h2-8H,1H3,(H,18,21)(H,17,19,20). The normalized spacial score (nSPS) is 10.4. The second-order valence-electron chi connectivity index (χ2n) is 4.58. The molecule has 0 fully saturated rings. The Morgan fingerprint density at radius 2 is 2.05 bits per heavy atom. The Balaban J connectivity index is 1.82. The summed E-state index contributed by atoms with van der Waals surface area (Å²) >= 11 is 1.38. The summed E-state index contributed by atoms with van der Waals surface area (Å²) in [5.41, 5.74) is 1.85. The summed E-state index contributed by atoms with van der Waals surface area (Å²) in [5, 5.41) is 5.99. The minimum absolute atomic E-state index is 0.163. The highest BCUT2D eigenvalue weighted by Gasteiger charge is 2.09. The van der Waals surface area contributed by atoms with Gasteiger partial charge in [0.15, 0.2) is 5.13 Å². The van der Waals surface area contributed by atoms with Crippen molar-refractivity contribution in [3.05, 3.63) is 48.3 Å². The van der Waals surface area contributed by atoms with Gasteiger partial charge in [0, 0.05) is 25.0 Å². The monoisotopic (exact) mass is 312 g/mol. The number of hydrogen-bond acceptors (Lipinski definition) is 5. The molecule has 6 nitrogen and oxygen atoms in total. The fourth-order valence-corrected chi connectivity index (χ4v) is 2.80. The van der Waals surface area contributed by atoms with Crippen LogP contribution in [0.5, 0.6) is 0 Å². The third-order valence-electron chi connectivity index (χ3n) is 2.85. The SMILES string of the molecule is CC(=O)Nc1nc2cc(NC(=O)c3cccnc3)ccc2s1. The van der Waals surface area contributed by atoms with Crippen molar-refractivity contribution in [2.45, 2.75) is 6.92 Å². The van der Waals surface area contributed by atoms with Gasteiger partial charge in [-0.15, -0.1) is 0 Å². The number of nitrogens with one attached hydrogen (secondary N) is 2. The molecule has 2 aromatic heterocycles. The lowest BCUT2D eigenvalue weighted by Gasteiger charge is -2.04. The highest BCUT2D eigenvalue weighted by molar-refractivity contribution is 7.22. The lowest BCUT2D eigenvalue weighted by atomic mass is 10.2. The molecule has 0 saturated heterocycles. The molecule has 0 aliphatic heterocycles. The number of hydrogen-bond donors (Lipinski definition) is 2. The van der Waals surface area contributed by atoms with Gasteiger partial charge in [-0.1, -0.05) is 11.3 Å². The molecule has 1 aromatic carbocycles. The molecule has 0 saturated carbocycles. The van der Waals surface area contributed by atoms with Crippen molar-refractivity contribution in [1.29, 1.82) is 0 Å².